The van der Waals surface area contributed by atoms with Crippen LogP contribution in [0.1, 0.15) is 25.0 Å². The second kappa shape index (κ2) is 8.18. The van der Waals surface area contributed by atoms with Crippen LogP contribution >= 0.6 is 0 Å². The van der Waals surface area contributed by atoms with Gasteiger partial charge in [-0.25, -0.2) is 9.59 Å². The molecule has 0 aliphatic carbocycles. The van der Waals surface area contributed by atoms with Crippen molar-refractivity contribution in [2.45, 2.75) is 32.0 Å². The molecule has 0 unspecified atom stereocenters. The van der Waals surface area contributed by atoms with Crippen LogP contribution in [0.3, 0.4) is 0 Å². The van der Waals surface area contributed by atoms with E-state index in [-0.39, 0.29) is 0 Å². The van der Waals surface area contributed by atoms with Gasteiger partial charge in [0, 0.05) is 30.1 Å². The van der Waals surface area contributed by atoms with Gasteiger partial charge in [0.25, 0.3) is 0 Å². The number of methoxy groups -OCH3 is 1. The van der Waals surface area contributed by atoms with Gasteiger partial charge in [-0.15, -0.1) is 0 Å². The molecule has 1 aliphatic rings. The zero-order valence-corrected chi connectivity index (χ0v) is 17.5. The molecule has 7 heteroatoms. The fourth-order valence-electron chi connectivity index (χ4n) is 3.49. The molecule has 1 amide bonds. The second-order valence-electron chi connectivity index (χ2n) is 7.81. The number of hydrogen-bond acceptors (Lipinski definition) is 6. The van der Waals surface area contributed by atoms with Crippen LogP contribution in [0, 0.1) is 0 Å². The van der Waals surface area contributed by atoms with Crippen LogP contribution in [0.2, 0.25) is 0 Å². The number of ether oxygens (including phenoxy) is 3. The zero-order chi connectivity index (χ0) is 22.0. The van der Waals surface area contributed by atoms with Gasteiger partial charge in [-0.1, -0.05) is 12.1 Å². The topological polar surface area (TPSA) is 87.0 Å². The maximum absolute atomic E-state index is 12.4. The summed E-state index contributed by atoms with van der Waals surface area (Å²) in [6, 6.07) is 14.1. The minimum atomic E-state index is -0.760. The zero-order valence-electron chi connectivity index (χ0n) is 17.5. The lowest BCUT2D eigenvalue weighted by atomic mass is 9.90. The van der Waals surface area contributed by atoms with Gasteiger partial charge < -0.3 is 18.6 Å². The SMILES string of the molecule is COc1cccc(/C=C/NC(=O)O[C@H]2Cc3cc4ccc(=O)oc4cc3OC2(C)C)c1. The van der Waals surface area contributed by atoms with E-state index in [1.165, 1.54) is 12.3 Å². The van der Waals surface area contributed by atoms with Gasteiger partial charge in [-0.2, -0.15) is 0 Å². The largest absolute Gasteiger partial charge is 0.497 e. The summed E-state index contributed by atoms with van der Waals surface area (Å²) in [5.41, 5.74) is 1.05. The Morgan fingerprint density at radius 3 is 2.84 bits per heavy atom. The van der Waals surface area contributed by atoms with Crippen molar-refractivity contribution >= 4 is 23.1 Å². The smallest absolute Gasteiger partial charge is 0.411 e. The molecule has 7 nitrogen and oxygen atoms in total. The van der Waals surface area contributed by atoms with Crippen LogP contribution < -0.4 is 20.4 Å². The molecule has 160 valence electrons. The highest BCUT2D eigenvalue weighted by Crippen LogP contribution is 2.37. The number of alkyl carbamates (subject to hydrolysis) is 1. The third-order valence-electron chi connectivity index (χ3n) is 5.18. The van der Waals surface area contributed by atoms with E-state index in [1.54, 1.807) is 25.3 Å². The molecule has 1 atom stereocenters. The second-order valence-corrected chi connectivity index (χ2v) is 7.81. The Morgan fingerprint density at radius 2 is 2.03 bits per heavy atom. The number of amides is 1. The van der Waals surface area contributed by atoms with Gasteiger partial charge in [0.15, 0.2) is 0 Å². The maximum atomic E-state index is 12.4. The number of hydrogen-bond donors (Lipinski definition) is 1. The average molecular weight is 421 g/mol. The van der Waals surface area contributed by atoms with E-state index in [4.69, 9.17) is 18.6 Å². The average Bonchev–Trinajstić information content (AvgIpc) is 2.73. The highest BCUT2D eigenvalue weighted by Gasteiger charge is 2.40. The molecule has 0 saturated heterocycles. The van der Waals surface area contributed by atoms with Gasteiger partial charge in [-0.05, 0) is 55.3 Å². The van der Waals surface area contributed by atoms with E-state index >= 15 is 0 Å². The van der Waals surface area contributed by atoms with E-state index in [0.717, 1.165) is 22.3 Å². The molecule has 2 heterocycles. The molecule has 2 aromatic carbocycles. The Bertz CT molecular complexity index is 1210. The summed E-state index contributed by atoms with van der Waals surface area (Å²) < 4.78 is 22.2. The summed E-state index contributed by atoms with van der Waals surface area (Å²) in [6.45, 7) is 3.71. The van der Waals surface area contributed by atoms with Crippen molar-refractivity contribution in [1.29, 1.82) is 0 Å². The molecule has 3 aromatic rings. The van der Waals surface area contributed by atoms with Crippen molar-refractivity contribution in [3.63, 3.8) is 0 Å². The van der Waals surface area contributed by atoms with E-state index < -0.39 is 23.4 Å². The van der Waals surface area contributed by atoms with Gasteiger partial charge in [0.1, 0.15) is 28.8 Å². The van der Waals surface area contributed by atoms with Crippen LogP contribution in [0.4, 0.5) is 4.79 Å². The van der Waals surface area contributed by atoms with Gasteiger partial charge in [0.05, 0.1) is 7.11 Å². The van der Waals surface area contributed by atoms with Crippen molar-refractivity contribution < 1.29 is 23.4 Å². The predicted molar refractivity (Wildman–Crippen MR) is 116 cm³/mol. The van der Waals surface area contributed by atoms with E-state index in [0.29, 0.717) is 17.8 Å². The van der Waals surface area contributed by atoms with E-state index in [2.05, 4.69) is 5.32 Å². The molecule has 1 N–H and O–H groups in total. The van der Waals surface area contributed by atoms with Crippen LogP contribution in [-0.4, -0.2) is 24.9 Å². The predicted octanol–water partition coefficient (Wildman–Crippen LogP) is 4.28. The molecule has 1 aliphatic heterocycles. The van der Waals surface area contributed by atoms with Crippen LogP contribution in [0.15, 0.2) is 63.9 Å². The van der Waals surface area contributed by atoms with Crippen LogP contribution in [-0.2, 0) is 11.2 Å². The van der Waals surface area contributed by atoms with E-state index in [9.17, 15) is 9.59 Å². The van der Waals surface area contributed by atoms with Crippen molar-refractivity contribution in [3.8, 4) is 11.5 Å². The first-order valence-electron chi connectivity index (χ1n) is 9.87. The number of rotatable bonds is 4. The van der Waals surface area contributed by atoms with Gasteiger partial charge in [0.2, 0.25) is 0 Å². The summed E-state index contributed by atoms with van der Waals surface area (Å²) in [5.74, 6) is 1.35. The number of benzene rings is 2. The maximum Gasteiger partial charge on any atom is 0.411 e. The molecule has 0 bridgehead atoms. The Morgan fingerprint density at radius 1 is 1.19 bits per heavy atom. The first-order chi connectivity index (χ1) is 14.8. The highest BCUT2D eigenvalue weighted by atomic mass is 16.6. The van der Waals surface area contributed by atoms with Crippen molar-refractivity contribution in [1.82, 2.24) is 5.32 Å². The lowest BCUT2D eigenvalue weighted by molar-refractivity contribution is -0.0486. The molecule has 1 aromatic heterocycles. The summed E-state index contributed by atoms with van der Waals surface area (Å²) in [4.78, 5) is 23.8. The monoisotopic (exact) mass is 421 g/mol. The Hall–Kier alpha value is -3.74. The Kier molecular flexibility index (Phi) is 5.42. The molecular weight excluding hydrogens is 398 g/mol. The molecule has 0 fully saturated rings. The number of nitrogens with one attached hydrogen (secondary N) is 1. The normalized spacial score (nSPS) is 17.1. The number of fused-ring (bicyclic) bond motifs is 2. The summed E-state index contributed by atoms with van der Waals surface area (Å²) >= 11 is 0. The Balaban J connectivity index is 1.46. The van der Waals surface area contributed by atoms with Gasteiger partial charge >= 0.3 is 11.7 Å². The van der Waals surface area contributed by atoms with Crippen molar-refractivity contribution in [3.05, 3.63) is 76.3 Å². The lowest BCUT2D eigenvalue weighted by Gasteiger charge is -2.39. The van der Waals surface area contributed by atoms with Crippen molar-refractivity contribution in [2.24, 2.45) is 0 Å². The molecule has 0 radical (unpaired) electrons. The molecule has 0 spiro atoms. The highest BCUT2D eigenvalue weighted by molar-refractivity contribution is 5.79. The lowest BCUT2D eigenvalue weighted by Crippen LogP contribution is -2.49. The molecule has 0 saturated carbocycles. The first-order valence-corrected chi connectivity index (χ1v) is 9.87. The first kappa shape index (κ1) is 20.5. The van der Waals surface area contributed by atoms with E-state index in [1.807, 2.05) is 44.2 Å². The minimum absolute atomic E-state index is 0.414. The van der Waals surface area contributed by atoms with Crippen molar-refractivity contribution in [2.75, 3.05) is 7.11 Å². The molecular formula is C24H23NO6. The number of carbonyl (C=O) groups is 1. The fourth-order valence-corrected chi connectivity index (χ4v) is 3.49. The summed E-state index contributed by atoms with van der Waals surface area (Å²) in [6.07, 6.45) is 2.68. The quantitative estimate of drug-likeness (QED) is 0.633. The third-order valence-corrected chi connectivity index (χ3v) is 5.18. The minimum Gasteiger partial charge on any atom is -0.497 e. The van der Waals surface area contributed by atoms with Gasteiger partial charge in [-0.3, -0.25) is 5.32 Å². The van der Waals surface area contributed by atoms with Crippen LogP contribution in [0.5, 0.6) is 11.5 Å². The molecule has 31 heavy (non-hydrogen) atoms. The fraction of sp³-hybridized carbons (Fsp3) is 0.250. The number of carbonyl (C=O) groups excluding carboxylic acids is 1. The Labute approximate surface area is 179 Å². The molecule has 4 rings (SSSR count). The standard InChI is InChI=1S/C24H23NO6/c1-24(2)21(30-23(27)25-10-9-15-5-4-6-18(11-15)28-3)13-17-12-16-7-8-22(26)29-19(16)14-20(17)31-24/h4-12,14,21H,13H2,1-3H3,(H,25,27)/b10-9+/t21-/m0/s1. The summed E-state index contributed by atoms with van der Waals surface area (Å²) in [7, 11) is 1.60. The third kappa shape index (κ3) is 4.55. The summed E-state index contributed by atoms with van der Waals surface area (Å²) in [5, 5.41) is 3.41. The van der Waals surface area contributed by atoms with Crippen LogP contribution in [0.25, 0.3) is 17.0 Å².